The number of aromatic nitrogens is 4. The van der Waals surface area contributed by atoms with Crippen molar-refractivity contribution in [3.8, 4) is 0 Å². The zero-order valence-corrected chi connectivity index (χ0v) is 15.1. The van der Waals surface area contributed by atoms with Crippen molar-refractivity contribution < 1.29 is 9.59 Å². The predicted octanol–water partition coefficient (Wildman–Crippen LogP) is -1.33. The molecule has 144 valence electrons. The molecule has 0 saturated heterocycles. The second-order valence-electron chi connectivity index (χ2n) is 6.12. The van der Waals surface area contributed by atoms with Crippen molar-refractivity contribution in [2.24, 2.45) is 19.8 Å². The number of nitrogens with one attached hydrogen (secondary N) is 2. The Kier molecular flexibility index (Phi) is 4.65. The highest BCUT2D eigenvalue weighted by Crippen LogP contribution is 2.06. The third-order valence-corrected chi connectivity index (χ3v) is 4.24. The van der Waals surface area contributed by atoms with E-state index >= 15 is 0 Å². The van der Waals surface area contributed by atoms with Gasteiger partial charge in [-0.15, -0.1) is 0 Å². The van der Waals surface area contributed by atoms with Crippen LogP contribution < -0.4 is 22.3 Å². The lowest BCUT2D eigenvalue weighted by atomic mass is 10.1. The molecule has 0 unspecified atom stereocenters. The monoisotopic (exact) mass is 383 g/mol. The molecule has 0 saturated carbocycles. The highest BCUT2D eigenvalue weighted by molar-refractivity contribution is 6.05. The molecule has 1 aromatic carbocycles. The molecule has 4 N–H and O–H groups in total. The van der Waals surface area contributed by atoms with Gasteiger partial charge in [0.25, 0.3) is 11.5 Å². The van der Waals surface area contributed by atoms with Crippen LogP contribution in [0.3, 0.4) is 0 Å². The Balaban J connectivity index is 1.82. The zero-order chi connectivity index (χ0) is 20.6. The second kappa shape index (κ2) is 6.95. The van der Waals surface area contributed by atoms with Gasteiger partial charge in [0.1, 0.15) is 12.4 Å². The summed E-state index contributed by atoms with van der Waals surface area (Å²) >= 11 is 0. The normalized spacial score (nSPS) is 10.8. The molecule has 11 heteroatoms. The number of imide groups is 1. The van der Waals surface area contributed by atoms with E-state index in [1.165, 1.54) is 53.8 Å². The number of carbonyl (C=O) groups is 2. The summed E-state index contributed by atoms with van der Waals surface area (Å²) in [6.07, 6.45) is 1.26. The van der Waals surface area contributed by atoms with Gasteiger partial charge in [0, 0.05) is 25.2 Å². The second-order valence-corrected chi connectivity index (χ2v) is 6.12. The Morgan fingerprint density at radius 2 is 1.71 bits per heavy atom. The van der Waals surface area contributed by atoms with Crippen molar-refractivity contribution >= 4 is 28.8 Å². The summed E-state index contributed by atoms with van der Waals surface area (Å²) in [6, 6.07) is 5.87. The number of carbonyl (C=O) groups excluding carboxylic acids is 2. The molecule has 0 bridgehead atoms. The van der Waals surface area contributed by atoms with Gasteiger partial charge < -0.3 is 10.3 Å². The summed E-state index contributed by atoms with van der Waals surface area (Å²) in [5.74, 6) is -1.42. The lowest BCUT2D eigenvalue weighted by Gasteiger charge is -2.07. The van der Waals surface area contributed by atoms with Gasteiger partial charge in [-0.25, -0.2) is 9.78 Å². The Morgan fingerprint density at radius 1 is 1.11 bits per heavy atom. The average molecular weight is 383 g/mol. The number of amides is 2. The standard InChI is InChI=1S/C17H17N7O4/c1-22-14-12(16(27)23(2)17(22)28)24(8-20-14)7-11(25)21-15(26)10-5-3-9(4-6-10)13(18)19/h3-6,8H,7H2,1-2H3,(H3,18,19)(H,21,25,26). The Hall–Kier alpha value is -4.02. The first-order valence-electron chi connectivity index (χ1n) is 8.10. The van der Waals surface area contributed by atoms with Crippen LogP contribution in [0.2, 0.25) is 0 Å². The van der Waals surface area contributed by atoms with Crippen LogP contribution in [0.5, 0.6) is 0 Å². The molecule has 0 aliphatic rings. The van der Waals surface area contributed by atoms with Crippen LogP contribution in [-0.2, 0) is 25.4 Å². The number of hydrogen-bond donors (Lipinski definition) is 3. The molecule has 3 aromatic rings. The van der Waals surface area contributed by atoms with Gasteiger partial charge in [0.05, 0.1) is 6.33 Å². The van der Waals surface area contributed by atoms with Gasteiger partial charge in [-0.1, -0.05) is 12.1 Å². The smallest absolute Gasteiger partial charge is 0.332 e. The highest BCUT2D eigenvalue weighted by Gasteiger charge is 2.17. The van der Waals surface area contributed by atoms with Crippen molar-refractivity contribution in [1.29, 1.82) is 5.41 Å². The van der Waals surface area contributed by atoms with E-state index in [1.54, 1.807) is 0 Å². The molecule has 0 fully saturated rings. The number of nitrogens with zero attached hydrogens (tertiary/aromatic N) is 4. The minimum atomic E-state index is -0.657. The van der Waals surface area contributed by atoms with Crippen molar-refractivity contribution in [3.63, 3.8) is 0 Å². The first kappa shape index (κ1) is 18.8. The molecular formula is C17H17N7O4. The zero-order valence-electron chi connectivity index (χ0n) is 15.1. The molecule has 2 amide bonds. The fraction of sp³-hybridized carbons (Fsp3) is 0.176. The Labute approximate surface area is 157 Å². The van der Waals surface area contributed by atoms with Crippen LogP contribution in [0.4, 0.5) is 0 Å². The quantitative estimate of drug-likeness (QED) is 0.374. The van der Waals surface area contributed by atoms with E-state index in [4.69, 9.17) is 11.1 Å². The molecule has 3 rings (SSSR count). The van der Waals surface area contributed by atoms with Crippen molar-refractivity contribution in [2.45, 2.75) is 6.54 Å². The lowest BCUT2D eigenvalue weighted by Crippen LogP contribution is -2.38. The van der Waals surface area contributed by atoms with E-state index in [0.29, 0.717) is 5.56 Å². The SMILES string of the molecule is Cn1c(=O)c2c(ncn2CC(=O)NC(=O)c2ccc(C(=N)N)cc2)n(C)c1=O. The van der Waals surface area contributed by atoms with Gasteiger partial charge >= 0.3 is 5.69 Å². The predicted molar refractivity (Wildman–Crippen MR) is 100 cm³/mol. The number of imidazole rings is 1. The summed E-state index contributed by atoms with van der Waals surface area (Å²) in [6.45, 7) is -0.332. The Bertz CT molecular complexity index is 1230. The molecule has 2 heterocycles. The summed E-state index contributed by atoms with van der Waals surface area (Å²) in [5.41, 5.74) is 5.13. The van der Waals surface area contributed by atoms with E-state index in [1.807, 2.05) is 0 Å². The molecule has 28 heavy (non-hydrogen) atoms. The number of benzene rings is 1. The number of aryl methyl sites for hydroxylation is 1. The summed E-state index contributed by atoms with van der Waals surface area (Å²) in [7, 11) is 2.80. The van der Waals surface area contributed by atoms with E-state index in [9.17, 15) is 19.2 Å². The number of amidine groups is 1. The van der Waals surface area contributed by atoms with Gasteiger partial charge in [-0.2, -0.15) is 0 Å². The van der Waals surface area contributed by atoms with E-state index < -0.39 is 23.1 Å². The molecule has 2 aromatic heterocycles. The van der Waals surface area contributed by atoms with Crippen LogP contribution in [-0.4, -0.2) is 36.3 Å². The van der Waals surface area contributed by atoms with Crippen LogP contribution in [0.15, 0.2) is 40.2 Å². The molecule has 0 aliphatic heterocycles. The Morgan fingerprint density at radius 3 is 2.32 bits per heavy atom. The van der Waals surface area contributed by atoms with E-state index in [2.05, 4.69) is 10.3 Å². The van der Waals surface area contributed by atoms with E-state index in [-0.39, 0.29) is 29.1 Å². The number of nitrogen functional groups attached to an aromatic ring is 1. The van der Waals surface area contributed by atoms with Crippen LogP contribution >= 0.6 is 0 Å². The number of fused-ring (bicyclic) bond motifs is 1. The molecule has 0 atom stereocenters. The first-order chi connectivity index (χ1) is 13.2. The van der Waals surface area contributed by atoms with Gasteiger partial charge in [0.15, 0.2) is 11.2 Å². The number of rotatable bonds is 4. The lowest BCUT2D eigenvalue weighted by molar-refractivity contribution is -0.120. The maximum absolute atomic E-state index is 12.4. The minimum absolute atomic E-state index is 0.0815. The maximum atomic E-state index is 12.4. The fourth-order valence-corrected chi connectivity index (χ4v) is 2.71. The third kappa shape index (κ3) is 3.20. The van der Waals surface area contributed by atoms with Gasteiger partial charge in [-0.3, -0.25) is 34.2 Å². The average Bonchev–Trinajstić information content (AvgIpc) is 3.08. The highest BCUT2D eigenvalue weighted by atomic mass is 16.2. The van der Waals surface area contributed by atoms with Crippen LogP contribution in [0.1, 0.15) is 15.9 Å². The molecule has 0 spiro atoms. The van der Waals surface area contributed by atoms with Gasteiger partial charge in [0.2, 0.25) is 5.91 Å². The number of hydrogen-bond acceptors (Lipinski definition) is 6. The summed E-state index contributed by atoms with van der Waals surface area (Å²) in [4.78, 5) is 52.8. The van der Waals surface area contributed by atoms with Crippen molar-refractivity contribution in [1.82, 2.24) is 24.0 Å². The fourth-order valence-electron chi connectivity index (χ4n) is 2.71. The summed E-state index contributed by atoms with van der Waals surface area (Å²) < 4.78 is 3.39. The third-order valence-electron chi connectivity index (χ3n) is 4.24. The van der Waals surface area contributed by atoms with Crippen LogP contribution in [0.25, 0.3) is 11.2 Å². The topological polar surface area (TPSA) is 158 Å². The molecule has 0 aliphatic carbocycles. The van der Waals surface area contributed by atoms with Crippen LogP contribution in [0, 0.1) is 5.41 Å². The first-order valence-corrected chi connectivity index (χ1v) is 8.10. The minimum Gasteiger partial charge on any atom is -0.384 e. The largest absolute Gasteiger partial charge is 0.384 e. The maximum Gasteiger partial charge on any atom is 0.332 e. The molecule has 11 nitrogen and oxygen atoms in total. The number of nitrogens with two attached hydrogens (primary N) is 1. The van der Waals surface area contributed by atoms with E-state index in [0.717, 1.165) is 4.57 Å². The molecular weight excluding hydrogens is 366 g/mol. The summed E-state index contributed by atoms with van der Waals surface area (Å²) in [5, 5.41) is 9.55. The molecule has 0 radical (unpaired) electrons. The van der Waals surface area contributed by atoms with Crippen molar-refractivity contribution in [3.05, 3.63) is 62.6 Å². The van der Waals surface area contributed by atoms with Gasteiger partial charge in [-0.05, 0) is 12.1 Å². The van der Waals surface area contributed by atoms with Crippen molar-refractivity contribution in [2.75, 3.05) is 0 Å².